The van der Waals surface area contributed by atoms with Crippen LogP contribution in [0.3, 0.4) is 0 Å². The van der Waals surface area contributed by atoms with E-state index in [0.29, 0.717) is 41.1 Å². The van der Waals surface area contributed by atoms with E-state index in [0.717, 1.165) is 44.0 Å². The van der Waals surface area contributed by atoms with Gasteiger partial charge in [-0.05, 0) is 54.3 Å². The van der Waals surface area contributed by atoms with Gasteiger partial charge in [0, 0.05) is 55.3 Å². The van der Waals surface area contributed by atoms with Crippen LogP contribution in [0, 0.1) is 0 Å². The molecule has 38 heavy (non-hydrogen) atoms. The Bertz CT molecular complexity index is 1480. The number of anilines is 3. The molecular weight excluding hydrogens is 498 g/mol. The molecule has 1 saturated heterocycles. The summed E-state index contributed by atoms with van der Waals surface area (Å²) < 4.78 is 27.8. The Morgan fingerprint density at radius 3 is 2.34 bits per heavy atom. The summed E-state index contributed by atoms with van der Waals surface area (Å²) in [5.74, 6) is -0.233. The van der Waals surface area contributed by atoms with Gasteiger partial charge in [-0.1, -0.05) is 42.5 Å². The first-order valence-electron chi connectivity index (χ1n) is 13.0. The zero-order chi connectivity index (χ0) is 26.1. The average molecular weight is 530 g/mol. The van der Waals surface area contributed by atoms with Crippen LogP contribution in [0.25, 0.3) is 11.3 Å². The zero-order valence-electron chi connectivity index (χ0n) is 21.0. The number of benzene rings is 3. The largest absolute Gasteiger partial charge is 0.354 e. The van der Waals surface area contributed by atoms with Gasteiger partial charge in [-0.15, -0.1) is 0 Å². The number of nitrogens with zero attached hydrogens (tertiary/aromatic N) is 1. The van der Waals surface area contributed by atoms with Gasteiger partial charge in [0.25, 0.3) is 5.91 Å². The SMILES string of the molecule is O=C1Nc2ccc(NS(=O)(=O)C3CC3)cc2/C1=C(/Nc1ccc(CN2CCNCC2)cc1)c1ccccc1. The number of hydrogen-bond donors (Lipinski definition) is 4. The highest BCUT2D eigenvalue weighted by molar-refractivity contribution is 7.93. The summed E-state index contributed by atoms with van der Waals surface area (Å²) in [5.41, 5.74) is 5.87. The molecule has 3 aliphatic rings. The molecule has 2 fully saturated rings. The molecule has 6 rings (SSSR count). The van der Waals surface area contributed by atoms with E-state index in [4.69, 9.17) is 0 Å². The summed E-state index contributed by atoms with van der Waals surface area (Å²) >= 11 is 0. The third-order valence-electron chi connectivity index (χ3n) is 7.14. The first-order chi connectivity index (χ1) is 18.5. The van der Waals surface area contributed by atoms with Gasteiger partial charge in [0.05, 0.1) is 16.5 Å². The lowest BCUT2D eigenvalue weighted by atomic mass is 9.99. The fourth-order valence-electron chi connectivity index (χ4n) is 4.95. The van der Waals surface area contributed by atoms with E-state index in [2.05, 4.69) is 37.7 Å². The molecule has 1 amide bonds. The van der Waals surface area contributed by atoms with Crippen molar-refractivity contribution >= 4 is 44.3 Å². The van der Waals surface area contributed by atoms with Crippen LogP contribution in [-0.2, 0) is 21.4 Å². The Balaban J connectivity index is 1.33. The van der Waals surface area contributed by atoms with Gasteiger partial charge in [-0.3, -0.25) is 14.4 Å². The van der Waals surface area contributed by atoms with Gasteiger partial charge < -0.3 is 16.0 Å². The molecule has 3 aromatic rings. The number of carbonyl (C=O) groups is 1. The van der Waals surface area contributed by atoms with Crippen LogP contribution < -0.4 is 20.7 Å². The van der Waals surface area contributed by atoms with Gasteiger partial charge in [-0.2, -0.15) is 0 Å². The second-order valence-electron chi connectivity index (χ2n) is 10.0. The lowest BCUT2D eigenvalue weighted by molar-refractivity contribution is -0.110. The first-order valence-corrected chi connectivity index (χ1v) is 14.6. The van der Waals surface area contributed by atoms with E-state index in [1.54, 1.807) is 18.2 Å². The van der Waals surface area contributed by atoms with Crippen molar-refractivity contribution in [3.8, 4) is 0 Å². The van der Waals surface area contributed by atoms with Crippen molar-refractivity contribution in [1.29, 1.82) is 0 Å². The minimum atomic E-state index is -3.42. The van der Waals surface area contributed by atoms with Crippen LogP contribution in [0.4, 0.5) is 17.1 Å². The maximum absolute atomic E-state index is 13.3. The Morgan fingerprint density at radius 2 is 1.63 bits per heavy atom. The number of hydrogen-bond acceptors (Lipinski definition) is 6. The van der Waals surface area contributed by atoms with E-state index >= 15 is 0 Å². The second-order valence-corrected chi connectivity index (χ2v) is 12.0. The molecule has 0 atom stereocenters. The lowest BCUT2D eigenvalue weighted by Gasteiger charge is -2.27. The van der Waals surface area contributed by atoms with Gasteiger partial charge >= 0.3 is 0 Å². The number of nitrogens with one attached hydrogen (secondary N) is 4. The number of sulfonamides is 1. The van der Waals surface area contributed by atoms with Gasteiger partial charge in [0.2, 0.25) is 10.0 Å². The van der Waals surface area contributed by atoms with Gasteiger partial charge in [0.15, 0.2) is 0 Å². The molecule has 0 radical (unpaired) electrons. The van der Waals surface area contributed by atoms with E-state index < -0.39 is 10.0 Å². The topological polar surface area (TPSA) is 103 Å². The smallest absolute Gasteiger partial charge is 0.258 e. The maximum atomic E-state index is 13.3. The molecule has 4 N–H and O–H groups in total. The molecule has 1 aliphatic carbocycles. The summed E-state index contributed by atoms with van der Waals surface area (Å²) in [4.78, 5) is 15.7. The number of amides is 1. The molecule has 0 aromatic heterocycles. The predicted octanol–water partition coefficient (Wildman–Crippen LogP) is 3.93. The fraction of sp³-hybridized carbons (Fsp3) is 0.276. The van der Waals surface area contributed by atoms with Crippen LogP contribution >= 0.6 is 0 Å². The summed E-state index contributed by atoms with van der Waals surface area (Å²) in [7, 11) is -3.42. The monoisotopic (exact) mass is 529 g/mol. The number of rotatable bonds is 8. The molecule has 0 unspecified atom stereocenters. The summed E-state index contributed by atoms with van der Waals surface area (Å²) in [6, 6.07) is 23.2. The summed E-state index contributed by atoms with van der Waals surface area (Å²) in [5, 5.41) is 9.48. The normalized spacial score (nSPS) is 19.0. The van der Waals surface area contributed by atoms with Crippen LogP contribution in [0.2, 0.25) is 0 Å². The number of piperazine rings is 1. The minimum Gasteiger partial charge on any atom is -0.354 e. The highest BCUT2D eigenvalue weighted by Gasteiger charge is 2.36. The Kier molecular flexibility index (Phi) is 6.65. The maximum Gasteiger partial charge on any atom is 0.258 e. The van der Waals surface area contributed by atoms with Gasteiger partial charge in [0.1, 0.15) is 0 Å². The Hall–Kier alpha value is -3.66. The second kappa shape index (κ2) is 10.2. The highest BCUT2D eigenvalue weighted by Crippen LogP contribution is 2.39. The van der Waals surface area contributed by atoms with Gasteiger partial charge in [-0.25, -0.2) is 8.42 Å². The van der Waals surface area contributed by atoms with Crippen LogP contribution in [0.5, 0.6) is 0 Å². The Morgan fingerprint density at radius 1 is 0.921 bits per heavy atom. The molecule has 2 heterocycles. The quantitative estimate of drug-likeness (QED) is 0.330. The van der Waals surface area contributed by atoms with E-state index in [-0.39, 0.29) is 11.2 Å². The molecule has 3 aromatic carbocycles. The molecule has 1 saturated carbocycles. The standard InChI is InChI=1S/C29H31N5O3S/c35-29-27(25-18-23(10-13-26(25)32-29)33-38(36,37)24-11-12-24)28(21-4-2-1-3-5-21)31-22-8-6-20(7-9-22)19-34-16-14-30-15-17-34/h1-10,13,18,24,30-31,33H,11-12,14-17,19H2,(H,32,35)/b28-27-. The molecule has 2 aliphatic heterocycles. The van der Waals surface area contributed by atoms with Crippen molar-refractivity contribution in [1.82, 2.24) is 10.2 Å². The zero-order valence-corrected chi connectivity index (χ0v) is 21.9. The summed E-state index contributed by atoms with van der Waals surface area (Å²) in [6.45, 7) is 5.01. The van der Waals surface area contributed by atoms with Crippen LogP contribution in [0.1, 0.15) is 29.5 Å². The minimum absolute atomic E-state index is 0.233. The Labute approximate surface area is 223 Å². The highest BCUT2D eigenvalue weighted by atomic mass is 32.2. The van der Waals surface area contributed by atoms with Crippen molar-refractivity contribution in [3.05, 3.63) is 89.5 Å². The van der Waals surface area contributed by atoms with E-state index in [1.165, 1.54) is 5.56 Å². The van der Waals surface area contributed by atoms with Crippen molar-refractivity contribution in [2.45, 2.75) is 24.6 Å². The van der Waals surface area contributed by atoms with Crippen molar-refractivity contribution in [3.63, 3.8) is 0 Å². The van der Waals surface area contributed by atoms with Crippen molar-refractivity contribution < 1.29 is 13.2 Å². The number of fused-ring (bicyclic) bond motifs is 1. The molecule has 196 valence electrons. The molecule has 8 nitrogen and oxygen atoms in total. The predicted molar refractivity (Wildman–Crippen MR) is 152 cm³/mol. The van der Waals surface area contributed by atoms with E-state index in [9.17, 15) is 13.2 Å². The van der Waals surface area contributed by atoms with Crippen LogP contribution in [-0.4, -0.2) is 50.7 Å². The van der Waals surface area contributed by atoms with Crippen LogP contribution in [0.15, 0.2) is 72.8 Å². The third kappa shape index (κ3) is 5.31. The first kappa shape index (κ1) is 24.7. The van der Waals surface area contributed by atoms with E-state index in [1.807, 2.05) is 42.5 Å². The average Bonchev–Trinajstić information content (AvgIpc) is 3.74. The van der Waals surface area contributed by atoms with Crippen molar-refractivity contribution in [2.75, 3.05) is 41.5 Å². The van der Waals surface area contributed by atoms with Crippen molar-refractivity contribution in [2.24, 2.45) is 0 Å². The summed E-state index contributed by atoms with van der Waals surface area (Å²) in [6.07, 6.45) is 1.36. The molecule has 0 bridgehead atoms. The fourth-order valence-corrected chi connectivity index (χ4v) is 6.33. The third-order valence-corrected chi connectivity index (χ3v) is 9.01. The number of carbonyl (C=O) groups excluding carboxylic acids is 1. The molecular formula is C29H31N5O3S. The lowest BCUT2D eigenvalue weighted by Crippen LogP contribution is -2.42. The molecule has 0 spiro atoms. The molecule has 9 heteroatoms.